The number of aryl methyl sites for hydroxylation is 1. The third-order valence-electron chi connectivity index (χ3n) is 5.24. The van der Waals surface area contributed by atoms with E-state index in [-0.39, 0.29) is 23.8 Å². The van der Waals surface area contributed by atoms with E-state index < -0.39 is 0 Å². The SMILES string of the molecule is CC(=O)NC(C(=O)N1CCN(Cc2cc(C)on2)CC1)C1CCCC1. The molecular weight excluding hydrogens is 320 g/mol. The lowest BCUT2D eigenvalue weighted by molar-refractivity contribution is -0.139. The smallest absolute Gasteiger partial charge is 0.245 e. The summed E-state index contributed by atoms with van der Waals surface area (Å²) in [7, 11) is 0. The summed E-state index contributed by atoms with van der Waals surface area (Å²) in [5.41, 5.74) is 0.930. The standard InChI is InChI=1S/C18H28N4O3/c1-13-11-16(20-25-13)12-21-7-9-22(10-8-21)18(24)17(19-14(2)23)15-5-3-4-6-15/h11,15,17H,3-10,12H2,1-2H3,(H,19,23). The zero-order valence-electron chi connectivity index (χ0n) is 15.2. The van der Waals surface area contributed by atoms with Crippen molar-refractivity contribution in [2.24, 2.45) is 5.92 Å². The molecule has 0 radical (unpaired) electrons. The molecule has 2 fully saturated rings. The van der Waals surface area contributed by atoms with E-state index in [2.05, 4.69) is 15.4 Å². The van der Waals surface area contributed by atoms with E-state index in [1.807, 2.05) is 17.9 Å². The third kappa shape index (κ3) is 4.60. The third-order valence-corrected chi connectivity index (χ3v) is 5.24. The van der Waals surface area contributed by atoms with Crippen molar-refractivity contribution in [3.8, 4) is 0 Å². The van der Waals surface area contributed by atoms with Crippen LogP contribution >= 0.6 is 0 Å². The van der Waals surface area contributed by atoms with E-state index in [0.717, 1.165) is 56.8 Å². The first-order chi connectivity index (χ1) is 12.0. The first-order valence-electron chi connectivity index (χ1n) is 9.23. The predicted molar refractivity (Wildman–Crippen MR) is 92.7 cm³/mol. The van der Waals surface area contributed by atoms with Crippen molar-refractivity contribution in [1.82, 2.24) is 20.3 Å². The molecule has 0 spiro atoms. The van der Waals surface area contributed by atoms with Gasteiger partial charge >= 0.3 is 0 Å². The van der Waals surface area contributed by atoms with Crippen LogP contribution in [-0.2, 0) is 16.1 Å². The van der Waals surface area contributed by atoms with Gasteiger partial charge in [-0.05, 0) is 25.7 Å². The first-order valence-corrected chi connectivity index (χ1v) is 9.23. The Kier molecular flexibility index (Phi) is 5.73. The Morgan fingerprint density at radius 3 is 2.52 bits per heavy atom. The van der Waals surface area contributed by atoms with Crippen LogP contribution in [0.2, 0.25) is 0 Å². The van der Waals surface area contributed by atoms with Gasteiger partial charge in [0.1, 0.15) is 11.8 Å². The molecule has 1 saturated heterocycles. The Hall–Kier alpha value is -1.89. The van der Waals surface area contributed by atoms with E-state index in [9.17, 15) is 9.59 Å². The molecule has 1 aromatic heterocycles. The fourth-order valence-corrected chi connectivity index (χ4v) is 3.94. The zero-order chi connectivity index (χ0) is 17.8. The molecule has 0 bridgehead atoms. The molecule has 2 aliphatic rings. The van der Waals surface area contributed by atoms with Crippen LogP contribution in [0.4, 0.5) is 0 Å². The highest BCUT2D eigenvalue weighted by Gasteiger charge is 2.35. The summed E-state index contributed by atoms with van der Waals surface area (Å²) < 4.78 is 5.11. The molecule has 1 atom stereocenters. The van der Waals surface area contributed by atoms with Crippen molar-refractivity contribution in [1.29, 1.82) is 0 Å². The van der Waals surface area contributed by atoms with Gasteiger partial charge in [0.25, 0.3) is 0 Å². The molecule has 1 saturated carbocycles. The minimum Gasteiger partial charge on any atom is -0.361 e. The summed E-state index contributed by atoms with van der Waals surface area (Å²) in [6, 6.07) is 1.59. The average molecular weight is 348 g/mol. The molecule has 25 heavy (non-hydrogen) atoms. The first kappa shape index (κ1) is 17.9. The number of hydrogen-bond acceptors (Lipinski definition) is 5. The number of rotatable bonds is 5. The van der Waals surface area contributed by atoms with Crippen LogP contribution in [0.5, 0.6) is 0 Å². The Balaban J connectivity index is 1.54. The maximum Gasteiger partial charge on any atom is 0.245 e. The van der Waals surface area contributed by atoms with E-state index in [0.29, 0.717) is 13.1 Å². The Bertz CT molecular complexity index is 601. The van der Waals surface area contributed by atoms with Gasteiger partial charge in [-0.25, -0.2) is 0 Å². The Morgan fingerprint density at radius 1 is 1.28 bits per heavy atom. The van der Waals surface area contributed by atoms with Crippen LogP contribution in [0.3, 0.4) is 0 Å². The van der Waals surface area contributed by atoms with E-state index >= 15 is 0 Å². The molecule has 7 heteroatoms. The molecule has 3 rings (SSSR count). The molecule has 2 amide bonds. The van der Waals surface area contributed by atoms with Gasteiger partial charge in [0.05, 0.1) is 5.69 Å². The quantitative estimate of drug-likeness (QED) is 0.868. The highest BCUT2D eigenvalue weighted by Crippen LogP contribution is 2.29. The summed E-state index contributed by atoms with van der Waals surface area (Å²) in [6.45, 7) is 7.14. The van der Waals surface area contributed by atoms with Crippen molar-refractivity contribution in [2.75, 3.05) is 26.2 Å². The highest BCUT2D eigenvalue weighted by molar-refractivity contribution is 5.87. The van der Waals surface area contributed by atoms with Crippen LogP contribution in [0.1, 0.15) is 44.1 Å². The number of piperazine rings is 1. The van der Waals surface area contributed by atoms with Crippen molar-refractivity contribution < 1.29 is 14.1 Å². The maximum atomic E-state index is 13.0. The lowest BCUT2D eigenvalue weighted by Crippen LogP contribution is -2.56. The summed E-state index contributed by atoms with van der Waals surface area (Å²) >= 11 is 0. The second-order valence-corrected chi connectivity index (χ2v) is 7.25. The molecule has 7 nitrogen and oxygen atoms in total. The largest absolute Gasteiger partial charge is 0.361 e. The van der Waals surface area contributed by atoms with Crippen LogP contribution < -0.4 is 5.32 Å². The molecule has 1 N–H and O–H groups in total. The Morgan fingerprint density at radius 2 is 1.96 bits per heavy atom. The fourth-order valence-electron chi connectivity index (χ4n) is 3.94. The van der Waals surface area contributed by atoms with Crippen LogP contribution in [0.25, 0.3) is 0 Å². The van der Waals surface area contributed by atoms with E-state index in [4.69, 9.17) is 4.52 Å². The fraction of sp³-hybridized carbons (Fsp3) is 0.722. The molecule has 1 aliphatic heterocycles. The van der Waals surface area contributed by atoms with Gasteiger partial charge in [0, 0.05) is 45.7 Å². The molecular formula is C18H28N4O3. The van der Waals surface area contributed by atoms with Gasteiger partial charge in [0.15, 0.2) is 0 Å². The lowest BCUT2D eigenvalue weighted by Gasteiger charge is -2.37. The molecule has 1 unspecified atom stereocenters. The average Bonchev–Trinajstić information content (AvgIpc) is 3.24. The number of carbonyl (C=O) groups is 2. The van der Waals surface area contributed by atoms with Gasteiger partial charge in [-0.2, -0.15) is 0 Å². The second kappa shape index (κ2) is 7.99. The van der Waals surface area contributed by atoms with Crippen molar-refractivity contribution in [3.63, 3.8) is 0 Å². The van der Waals surface area contributed by atoms with Crippen LogP contribution in [0, 0.1) is 12.8 Å². The molecule has 2 heterocycles. The number of nitrogens with one attached hydrogen (secondary N) is 1. The van der Waals surface area contributed by atoms with Crippen molar-refractivity contribution >= 4 is 11.8 Å². The number of amides is 2. The molecule has 0 aromatic carbocycles. The summed E-state index contributed by atoms with van der Waals surface area (Å²) in [5, 5.41) is 6.94. The second-order valence-electron chi connectivity index (χ2n) is 7.25. The molecule has 1 aromatic rings. The normalized spacial score (nSPS) is 20.6. The molecule has 138 valence electrons. The number of aromatic nitrogens is 1. The van der Waals surface area contributed by atoms with Crippen LogP contribution in [0.15, 0.2) is 10.6 Å². The number of carbonyl (C=O) groups excluding carboxylic acids is 2. The predicted octanol–water partition coefficient (Wildman–Crippen LogP) is 1.32. The lowest BCUT2D eigenvalue weighted by atomic mass is 9.96. The zero-order valence-corrected chi connectivity index (χ0v) is 15.2. The van der Waals surface area contributed by atoms with Gasteiger partial charge in [-0.15, -0.1) is 0 Å². The Labute approximate surface area is 148 Å². The van der Waals surface area contributed by atoms with Crippen molar-refractivity contribution in [2.45, 2.75) is 52.1 Å². The summed E-state index contributed by atoms with van der Waals surface area (Å²) in [5.74, 6) is 1.07. The summed E-state index contributed by atoms with van der Waals surface area (Å²) in [4.78, 5) is 28.7. The van der Waals surface area contributed by atoms with Gasteiger partial charge < -0.3 is 14.7 Å². The van der Waals surface area contributed by atoms with Gasteiger partial charge in [0.2, 0.25) is 11.8 Å². The summed E-state index contributed by atoms with van der Waals surface area (Å²) in [6.07, 6.45) is 4.36. The minimum atomic E-state index is -0.357. The number of nitrogens with zero attached hydrogens (tertiary/aromatic N) is 3. The van der Waals surface area contributed by atoms with Crippen molar-refractivity contribution in [3.05, 3.63) is 17.5 Å². The van der Waals surface area contributed by atoms with Gasteiger partial charge in [-0.3, -0.25) is 14.5 Å². The van der Waals surface area contributed by atoms with Gasteiger partial charge in [-0.1, -0.05) is 18.0 Å². The van der Waals surface area contributed by atoms with Crippen LogP contribution in [-0.4, -0.2) is 59.0 Å². The highest BCUT2D eigenvalue weighted by atomic mass is 16.5. The van der Waals surface area contributed by atoms with E-state index in [1.165, 1.54) is 6.92 Å². The number of hydrogen-bond donors (Lipinski definition) is 1. The molecule has 1 aliphatic carbocycles. The van der Waals surface area contributed by atoms with E-state index in [1.54, 1.807) is 0 Å². The minimum absolute atomic E-state index is 0.0824. The topological polar surface area (TPSA) is 78.7 Å². The monoisotopic (exact) mass is 348 g/mol. The maximum absolute atomic E-state index is 13.0.